The topological polar surface area (TPSA) is 29.9 Å². The SMILES string of the molecule is Cn1ccnc1CNc1ccc(SC(F)(F)F)cc1. The molecule has 19 heavy (non-hydrogen) atoms. The maximum Gasteiger partial charge on any atom is 0.446 e. The third-order valence-corrected chi connectivity index (χ3v) is 3.20. The van der Waals surface area contributed by atoms with E-state index in [-0.39, 0.29) is 16.7 Å². The number of aryl methyl sites for hydroxylation is 1. The van der Waals surface area contributed by atoms with Crippen molar-refractivity contribution in [3.8, 4) is 0 Å². The fourth-order valence-corrected chi connectivity index (χ4v) is 2.06. The standard InChI is InChI=1S/C12H12F3N3S/c1-18-7-6-16-11(18)8-17-9-2-4-10(5-3-9)19-12(13,14)15/h2-7,17H,8H2,1H3. The molecule has 0 aliphatic carbocycles. The average molecular weight is 287 g/mol. The summed E-state index contributed by atoms with van der Waals surface area (Å²) in [6.45, 7) is 0.523. The molecule has 2 aromatic rings. The molecule has 0 saturated heterocycles. The van der Waals surface area contributed by atoms with Crippen molar-refractivity contribution in [2.24, 2.45) is 7.05 Å². The molecule has 0 aliphatic rings. The molecule has 2 rings (SSSR count). The Kier molecular flexibility index (Phi) is 4.04. The van der Waals surface area contributed by atoms with Crippen molar-refractivity contribution in [2.75, 3.05) is 5.32 Å². The zero-order valence-electron chi connectivity index (χ0n) is 10.1. The van der Waals surface area contributed by atoms with Gasteiger partial charge in [-0.3, -0.25) is 0 Å². The molecule has 1 heterocycles. The molecule has 0 aliphatic heterocycles. The first-order valence-electron chi connectivity index (χ1n) is 5.50. The predicted octanol–water partition coefficient (Wildman–Crippen LogP) is 3.64. The zero-order chi connectivity index (χ0) is 13.9. The average Bonchev–Trinajstić information content (AvgIpc) is 2.72. The van der Waals surface area contributed by atoms with Crippen LogP contribution in [0.4, 0.5) is 18.9 Å². The van der Waals surface area contributed by atoms with Crippen LogP contribution in [-0.4, -0.2) is 15.1 Å². The van der Waals surface area contributed by atoms with Crippen LogP contribution in [0.15, 0.2) is 41.6 Å². The number of aromatic nitrogens is 2. The second kappa shape index (κ2) is 5.56. The number of benzene rings is 1. The van der Waals surface area contributed by atoms with Crippen LogP contribution in [0.1, 0.15) is 5.82 Å². The second-order valence-corrected chi connectivity index (χ2v) is 5.02. The first kappa shape index (κ1) is 13.8. The van der Waals surface area contributed by atoms with Crippen LogP contribution in [0, 0.1) is 0 Å². The van der Waals surface area contributed by atoms with E-state index in [1.165, 1.54) is 12.1 Å². The molecule has 0 spiro atoms. The number of rotatable bonds is 4. The molecular formula is C12H12F3N3S. The molecule has 1 aromatic carbocycles. The van der Waals surface area contributed by atoms with E-state index in [9.17, 15) is 13.2 Å². The number of hydrogen-bond acceptors (Lipinski definition) is 3. The molecular weight excluding hydrogens is 275 g/mol. The van der Waals surface area contributed by atoms with Crippen molar-refractivity contribution in [3.05, 3.63) is 42.5 Å². The van der Waals surface area contributed by atoms with E-state index in [0.717, 1.165) is 11.5 Å². The molecule has 0 bridgehead atoms. The van der Waals surface area contributed by atoms with Crippen LogP contribution in [0.2, 0.25) is 0 Å². The summed E-state index contributed by atoms with van der Waals surface area (Å²) in [5.41, 5.74) is -3.49. The van der Waals surface area contributed by atoms with E-state index >= 15 is 0 Å². The Morgan fingerprint density at radius 2 is 1.95 bits per heavy atom. The number of halogens is 3. The molecule has 1 N–H and O–H groups in total. The number of hydrogen-bond donors (Lipinski definition) is 1. The maximum absolute atomic E-state index is 12.2. The summed E-state index contributed by atoms with van der Waals surface area (Å²) in [4.78, 5) is 4.32. The number of thioether (sulfide) groups is 1. The lowest BCUT2D eigenvalue weighted by atomic mass is 10.3. The zero-order valence-corrected chi connectivity index (χ0v) is 10.9. The van der Waals surface area contributed by atoms with Gasteiger partial charge < -0.3 is 9.88 Å². The summed E-state index contributed by atoms with van der Waals surface area (Å²) in [7, 11) is 1.88. The number of nitrogens with zero attached hydrogens (tertiary/aromatic N) is 2. The maximum atomic E-state index is 12.2. The van der Waals surface area contributed by atoms with Gasteiger partial charge in [0.05, 0.1) is 6.54 Å². The molecule has 0 atom stereocenters. The van der Waals surface area contributed by atoms with Gasteiger partial charge in [-0.2, -0.15) is 13.2 Å². The van der Waals surface area contributed by atoms with E-state index < -0.39 is 5.51 Å². The lowest BCUT2D eigenvalue weighted by molar-refractivity contribution is -0.0328. The lowest BCUT2D eigenvalue weighted by Gasteiger charge is -2.08. The van der Waals surface area contributed by atoms with E-state index in [0.29, 0.717) is 6.54 Å². The predicted molar refractivity (Wildman–Crippen MR) is 68.9 cm³/mol. The van der Waals surface area contributed by atoms with Gasteiger partial charge in [-0.05, 0) is 36.0 Å². The Balaban J connectivity index is 1.94. The Bertz CT molecular complexity index is 534. The summed E-state index contributed by atoms with van der Waals surface area (Å²) in [5, 5.41) is 3.10. The highest BCUT2D eigenvalue weighted by Gasteiger charge is 2.28. The minimum atomic E-state index is -4.25. The number of imidazole rings is 1. The minimum absolute atomic E-state index is 0.116. The van der Waals surface area contributed by atoms with E-state index in [1.807, 2.05) is 17.8 Å². The highest BCUT2D eigenvalue weighted by Crippen LogP contribution is 2.37. The van der Waals surface area contributed by atoms with E-state index in [2.05, 4.69) is 10.3 Å². The van der Waals surface area contributed by atoms with Crippen molar-refractivity contribution in [1.82, 2.24) is 9.55 Å². The van der Waals surface area contributed by atoms with Gasteiger partial charge in [-0.1, -0.05) is 0 Å². The Hall–Kier alpha value is -1.63. The molecule has 3 nitrogen and oxygen atoms in total. The fourth-order valence-electron chi connectivity index (χ4n) is 1.52. The van der Waals surface area contributed by atoms with Crippen LogP contribution >= 0.6 is 11.8 Å². The van der Waals surface area contributed by atoms with Gasteiger partial charge in [-0.25, -0.2) is 4.98 Å². The number of alkyl halides is 3. The molecule has 102 valence electrons. The summed E-state index contributed by atoms with van der Waals surface area (Å²) in [6, 6.07) is 6.13. The number of anilines is 1. The van der Waals surface area contributed by atoms with Crippen LogP contribution in [0.25, 0.3) is 0 Å². The summed E-state index contributed by atoms with van der Waals surface area (Å²) < 4.78 is 38.3. The van der Waals surface area contributed by atoms with Crippen molar-refractivity contribution in [1.29, 1.82) is 0 Å². The number of nitrogens with one attached hydrogen (secondary N) is 1. The molecule has 0 amide bonds. The monoisotopic (exact) mass is 287 g/mol. The normalized spacial score (nSPS) is 11.6. The third-order valence-electron chi connectivity index (χ3n) is 2.46. The highest BCUT2D eigenvalue weighted by molar-refractivity contribution is 8.00. The van der Waals surface area contributed by atoms with Crippen LogP contribution in [-0.2, 0) is 13.6 Å². The van der Waals surface area contributed by atoms with E-state index in [1.54, 1.807) is 18.3 Å². The Labute approximate surface area is 112 Å². The molecule has 7 heteroatoms. The first-order valence-corrected chi connectivity index (χ1v) is 6.31. The smallest absolute Gasteiger partial charge is 0.378 e. The summed E-state index contributed by atoms with van der Waals surface area (Å²) in [6.07, 6.45) is 3.53. The third kappa shape index (κ3) is 4.20. The van der Waals surface area contributed by atoms with Crippen molar-refractivity contribution in [2.45, 2.75) is 16.9 Å². The highest BCUT2D eigenvalue weighted by atomic mass is 32.2. The van der Waals surface area contributed by atoms with Crippen molar-refractivity contribution >= 4 is 17.4 Å². The van der Waals surface area contributed by atoms with E-state index in [4.69, 9.17) is 0 Å². The van der Waals surface area contributed by atoms with Crippen LogP contribution < -0.4 is 5.32 Å². The Morgan fingerprint density at radius 1 is 1.26 bits per heavy atom. The Morgan fingerprint density at radius 3 is 2.47 bits per heavy atom. The van der Waals surface area contributed by atoms with Crippen molar-refractivity contribution < 1.29 is 13.2 Å². The van der Waals surface area contributed by atoms with Crippen LogP contribution in [0.5, 0.6) is 0 Å². The van der Waals surface area contributed by atoms with Gasteiger partial charge in [-0.15, -0.1) is 0 Å². The largest absolute Gasteiger partial charge is 0.446 e. The molecule has 0 fully saturated rings. The molecule has 0 radical (unpaired) electrons. The van der Waals surface area contributed by atoms with Crippen LogP contribution in [0.3, 0.4) is 0 Å². The van der Waals surface area contributed by atoms with Crippen molar-refractivity contribution in [3.63, 3.8) is 0 Å². The van der Waals surface area contributed by atoms with Gasteiger partial charge in [0.25, 0.3) is 0 Å². The summed E-state index contributed by atoms with van der Waals surface area (Å²) in [5.74, 6) is 0.855. The van der Waals surface area contributed by atoms with Gasteiger partial charge in [0.15, 0.2) is 0 Å². The quantitative estimate of drug-likeness (QED) is 0.871. The molecule has 1 aromatic heterocycles. The van der Waals surface area contributed by atoms with Gasteiger partial charge in [0.2, 0.25) is 0 Å². The lowest BCUT2D eigenvalue weighted by Crippen LogP contribution is -2.05. The molecule has 0 saturated carbocycles. The fraction of sp³-hybridized carbons (Fsp3) is 0.250. The van der Waals surface area contributed by atoms with Gasteiger partial charge in [0.1, 0.15) is 5.82 Å². The second-order valence-electron chi connectivity index (χ2n) is 3.88. The van der Waals surface area contributed by atoms with Gasteiger partial charge in [0, 0.05) is 30.0 Å². The first-order chi connectivity index (χ1) is 8.94. The van der Waals surface area contributed by atoms with Gasteiger partial charge >= 0.3 is 5.51 Å². The minimum Gasteiger partial charge on any atom is -0.378 e. The molecule has 0 unspecified atom stereocenters. The summed E-state index contributed by atoms with van der Waals surface area (Å²) >= 11 is -0.116.